The first-order valence-corrected chi connectivity index (χ1v) is 7.77. The first kappa shape index (κ1) is 18.5. The Morgan fingerprint density at radius 2 is 1.93 bits per heavy atom. The minimum absolute atomic E-state index is 0. The molecule has 1 heterocycles. The van der Waals surface area contributed by atoms with E-state index in [0.29, 0.717) is 0 Å². The molecular weight excluding hydrogens is 342 g/mol. The smallest absolute Gasteiger partial charge is 1.00 e. The third-order valence-corrected chi connectivity index (χ3v) is 3.75. The maximum Gasteiger partial charge on any atom is 2.00 e. The van der Waals surface area contributed by atoms with Gasteiger partial charge in [-0.25, -0.2) is 0 Å². The third-order valence-electron chi connectivity index (χ3n) is 1.94. The molecule has 0 amide bonds. The largest absolute Gasteiger partial charge is 2.00 e. The van der Waals surface area contributed by atoms with Gasteiger partial charge in [0.05, 0.1) is 0 Å². The number of halogens is 2. The van der Waals surface area contributed by atoms with E-state index in [1.54, 1.807) is 0 Å². The van der Waals surface area contributed by atoms with Gasteiger partial charge in [-0.3, -0.25) is 0 Å². The van der Waals surface area contributed by atoms with Crippen molar-refractivity contribution in [2.75, 3.05) is 5.75 Å². The summed E-state index contributed by atoms with van der Waals surface area (Å²) in [7, 11) is -0.220. The van der Waals surface area contributed by atoms with E-state index in [0.717, 1.165) is 0 Å². The Balaban J connectivity index is 0. The summed E-state index contributed by atoms with van der Waals surface area (Å²) in [6.07, 6.45) is 4.65. The molecule has 0 aromatic rings. The molecule has 2 rings (SSSR count). The molecule has 0 N–H and O–H groups in total. The first-order chi connectivity index (χ1) is 5.75. The SMILES string of the molecule is C[Si](C)=CC1=CC2=CSCC2=C1.[Cl-].[Cl-].[Zr+2]. The fraction of sp³-hybridized carbons (Fsp3) is 0.300. The zero-order valence-corrected chi connectivity index (χ0v) is 14.5. The monoisotopic (exact) mass is 352 g/mol. The quantitative estimate of drug-likeness (QED) is 0.443. The number of allylic oxidation sites excluding steroid dienone is 4. The topological polar surface area (TPSA) is 0 Å². The molecular formula is C10H12Cl2SSiZr. The van der Waals surface area contributed by atoms with E-state index in [9.17, 15) is 0 Å². The van der Waals surface area contributed by atoms with Gasteiger partial charge in [0.25, 0.3) is 0 Å². The van der Waals surface area contributed by atoms with Crippen molar-refractivity contribution in [3.63, 3.8) is 0 Å². The van der Waals surface area contributed by atoms with Crippen molar-refractivity contribution >= 4 is 25.8 Å². The van der Waals surface area contributed by atoms with Crippen LogP contribution in [0.4, 0.5) is 0 Å². The molecule has 80 valence electrons. The molecule has 1 aliphatic carbocycles. The van der Waals surface area contributed by atoms with Crippen LogP contribution in [0, 0.1) is 0 Å². The molecule has 5 heteroatoms. The van der Waals surface area contributed by atoms with Gasteiger partial charge in [0.1, 0.15) is 0 Å². The zero-order valence-electron chi connectivity index (χ0n) is 8.68. The van der Waals surface area contributed by atoms with Gasteiger partial charge in [0.2, 0.25) is 0 Å². The molecule has 0 unspecified atom stereocenters. The predicted octanol–water partition coefficient (Wildman–Crippen LogP) is -3.37. The van der Waals surface area contributed by atoms with Gasteiger partial charge in [-0.1, -0.05) is 24.8 Å². The van der Waals surface area contributed by atoms with Gasteiger partial charge in [0, 0.05) is 14.2 Å². The van der Waals surface area contributed by atoms with E-state index in [-0.39, 0.29) is 59.4 Å². The van der Waals surface area contributed by atoms with Crippen LogP contribution in [0.5, 0.6) is 0 Å². The Morgan fingerprint density at radius 3 is 2.47 bits per heavy atom. The van der Waals surface area contributed by atoms with Gasteiger partial charge in [-0.15, -0.1) is 11.8 Å². The number of thioether (sulfide) groups is 1. The molecule has 0 spiro atoms. The fourth-order valence-corrected chi connectivity index (χ4v) is 3.22. The summed E-state index contributed by atoms with van der Waals surface area (Å²) in [5.41, 5.74) is 6.83. The molecule has 0 aromatic carbocycles. The van der Waals surface area contributed by atoms with Crippen molar-refractivity contribution < 1.29 is 51.0 Å². The summed E-state index contributed by atoms with van der Waals surface area (Å²) in [4.78, 5) is 0. The van der Waals surface area contributed by atoms with Gasteiger partial charge in [-0.2, -0.15) is 0 Å². The second kappa shape index (κ2) is 8.25. The van der Waals surface area contributed by atoms with Gasteiger partial charge in [-0.05, 0) is 28.2 Å². The summed E-state index contributed by atoms with van der Waals surface area (Å²) in [6, 6.07) is 0. The number of fused-ring (bicyclic) bond motifs is 1. The van der Waals surface area contributed by atoms with Gasteiger partial charge >= 0.3 is 26.2 Å². The van der Waals surface area contributed by atoms with E-state index < -0.39 is 0 Å². The van der Waals surface area contributed by atoms with Crippen LogP contribution < -0.4 is 24.8 Å². The summed E-state index contributed by atoms with van der Waals surface area (Å²) in [5.74, 6) is 1.18. The summed E-state index contributed by atoms with van der Waals surface area (Å²) in [6.45, 7) is 4.64. The molecule has 1 aliphatic heterocycles. The molecule has 0 radical (unpaired) electrons. The average Bonchev–Trinajstić information content (AvgIpc) is 2.43. The van der Waals surface area contributed by atoms with Crippen molar-refractivity contribution in [1.82, 2.24) is 0 Å². The first-order valence-electron chi connectivity index (χ1n) is 4.15. The Labute approximate surface area is 129 Å². The van der Waals surface area contributed by atoms with Gasteiger partial charge in [0.15, 0.2) is 0 Å². The second-order valence-electron chi connectivity index (χ2n) is 3.42. The minimum Gasteiger partial charge on any atom is -1.00 e. The molecule has 0 atom stereocenters. The Kier molecular flexibility index (Phi) is 10.2. The Hall–Kier alpha value is 1.12. The average molecular weight is 354 g/mol. The van der Waals surface area contributed by atoms with Crippen LogP contribution in [0.2, 0.25) is 13.1 Å². The standard InChI is InChI=1S/C10H12SSi.2ClH.Zr/c1-12(2)7-8-3-9-5-11-6-10(9)4-8;;;/h3-5,7H,6H2,1-2H3;2*1H;/q;;;+2/p-2. The predicted molar refractivity (Wildman–Crippen MR) is 60.3 cm³/mol. The molecule has 0 saturated heterocycles. The van der Waals surface area contributed by atoms with E-state index in [2.05, 4.69) is 36.3 Å². The minimum atomic E-state index is -0.220. The molecule has 0 nitrogen and oxygen atoms in total. The van der Waals surface area contributed by atoms with Crippen LogP contribution in [-0.2, 0) is 26.2 Å². The molecule has 2 aliphatic rings. The van der Waals surface area contributed by atoms with E-state index in [1.165, 1.54) is 22.5 Å². The zero-order chi connectivity index (χ0) is 8.55. The van der Waals surface area contributed by atoms with Crippen molar-refractivity contribution in [2.24, 2.45) is 0 Å². The third kappa shape index (κ3) is 4.87. The number of hydrogen-bond acceptors (Lipinski definition) is 1. The molecule has 0 bridgehead atoms. The summed E-state index contributed by atoms with van der Waals surface area (Å²) >= 11 is 1.91. The number of hydrogen-bond donors (Lipinski definition) is 0. The van der Waals surface area contributed by atoms with Crippen LogP contribution in [0.3, 0.4) is 0 Å². The summed E-state index contributed by atoms with van der Waals surface area (Å²) in [5, 5.41) is 2.27. The maximum atomic E-state index is 2.42. The van der Waals surface area contributed by atoms with Crippen molar-refractivity contribution in [2.45, 2.75) is 13.1 Å². The molecule has 15 heavy (non-hydrogen) atoms. The van der Waals surface area contributed by atoms with Crippen LogP contribution in [0.25, 0.3) is 0 Å². The van der Waals surface area contributed by atoms with E-state index in [4.69, 9.17) is 0 Å². The molecule has 0 aromatic heterocycles. The van der Waals surface area contributed by atoms with Crippen LogP contribution in [-0.4, -0.2) is 19.8 Å². The van der Waals surface area contributed by atoms with Crippen molar-refractivity contribution in [3.8, 4) is 0 Å². The molecule has 0 fully saturated rings. The fourth-order valence-electron chi connectivity index (χ4n) is 1.47. The van der Waals surface area contributed by atoms with E-state index in [1.807, 2.05) is 11.8 Å². The normalized spacial score (nSPS) is 15.7. The van der Waals surface area contributed by atoms with Crippen LogP contribution in [0.15, 0.2) is 34.3 Å². The number of rotatable bonds is 1. The second-order valence-corrected chi connectivity index (χ2v) is 6.72. The maximum absolute atomic E-state index is 2.42. The Morgan fingerprint density at radius 1 is 1.27 bits per heavy atom. The summed E-state index contributed by atoms with van der Waals surface area (Å²) < 4.78 is 0. The van der Waals surface area contributed by atoms with Crippen molar-refractivity contribution in [3.05, 3.63) is 34.3 Å². The molecule has 0 saturated carbocycles. The van der Waals surface area contributed by atoms with Crippen LogP contribution in [0.1, 0.15) is 0 Å². The van der Waals surface area contributed by atoms with E-state index >= 15 is 0 Å². The van der Waals surface area contributed by atoms with Crippen molar-refractivity contribution in [1.29, 1.82) is 0 Å². The Bertz CT molecular complexity index is 341. The van der Waals surface area contributed by atoms with Crippen LogP contribution >= 0.6 is 11.8 Å². The van der Waals surface area contributed by atoms with Gasteiger partial charge < -0.3 is 24.8 Å².